The lowest BCUT2D eigenvalue weighted by molar-refractivity contribution is 0.0698. The normalized spacial score (nSPS) is 12.7. The molecule has 3 aromatic carbocycles. The van der Waals surface area contributed by atoms with Crippen molar-refractivity contribution in [3.05, 3.63) is 82.9 Å². The van der Waals surface area contributed by atoms with Gasteiger partial charge in [0.25, 0.3) is 0 Å². The Morgan fingerprint density at radius 1 is 1.04 bits per heavy atom. The number of benzene rings is 3. The van der Waals surface area contributed by atoms with Gasteiger partial charge in [-0.05, 0) is 60.5 Å². The van der Waals surface area contributed by atoms with Crippen molar-refractivity contribution >= 4 is 40.3 Å². The van der Waals surface area contributed by atoms with E-state index in [1.54, 1.807) is 12.1 Å². The van der Waals surface area contributed by atoms with Gasteiger partial charge < -0.3 is 15.3 Å². The summed E-state index contributed by atoms with van der Waals surface area (Å²) in [5.74, 6) is -1.01. The number of hydrogen-bond acceptors (Lipinski definition) is 3. The number of halogens is 1. The minimum atomic E-state index is -1.01. The van der Waals surface area contributed by atoms with Gasteiger partial charge in [0.1, 0.15) is 0 Å². The third kappa shape index (κ3) is 3.11. The summed E-state index contributed by atoms with van der Waals surface area (Å²) in [5.41, 5.74) is 5.16. The fourth-order valence-electron chi connectivity index (χ4n) is 3.31. The van der Waals surface area contributed by atoms with Crippen molar-refractivity contribution in [1.29, 1.82) is 0 Å². The lowest BCUT2D eigenvalue weighted by atomic mass is 10.1. The van der Waals surface area contributed by atoms with Gasteiger partial charge in [-0.15, -0.1) is 0 Å². The van der Waals surface area contributed by atoms with Gasteiger partial charge in [-0.2, -0.15) is 0 Å². The van der Waals surface area contributed by atoms with Crippen LogP contribution in [0.1, 0.15) is 15.9 Å². The van der Waals surface area contributed by atoms with Gasteiger partial charge in [0.2, 0.25) is 0 Å². The fourth-order valence-corrected chi connectivity index (χ4v) is 3.49. The molecule has 4 rings (SSSR count). The van der Waals surface area contributed by atoms with Crippen LogP contribution in [0.15, 0.2) is 66.7 Å². The quantitative estimate of drug-likeness (QED) is 0.644. The second-order valence-electron chi connectivity index (χ2n) is 6.20. The van der Waals surface area contributed by atoms with Crippen LogP contribution in [0.3, 0.4) is 0 Å². The number of carboxylic acid groups (broad SMARTS) is 1. The van der Waals surface area contributed by atoms with E-state index in [4.69, 9.17) is 11.6 Å². The van der Waals surface area contributed by atoms with Crippen LogP contribution < -0.4 is 10.2 Å². The number of aromatic carboxylic acids is 1. The Hall–Kier alpha value is -2.98. The largest absolute Gasteiger partial charge is 0.478 e. The van der Waals surface area contributed by atoms with Crippen molar-refractivity contribution in [3.63, 3.8) is 0 Å². The first-order valence-electron chi connectivity index (χ1n) is 8.37. The topological polar surface area (TPSA) is 52.6 Å². The molecule has 5 heteroatoms. The van der Waals surface area contributed by atoms with Crippen molar-refractivity contribution < 1.29 is 9.90 Å². The van der Waals surface area contributed by atoms with Crippen LogP contribution in [0.25, 0.3) is 0 Å². The van der Waals surface area contributed by atoms with Crippen molar-refractivity contribution in [2.24, 2.45) is 0 Å². The molecule has 4 nitrogen and oxygen atoms in total. The molecule has 0 saturated carbocycles. The minimum Gasteiger partial charge on any atom is -0.478 e. The SMILES string of the molecule is O=C(O)c1cc(Cl)ccc1Nc1ccc2c(c1)CCN2c1ccccc1. The highest BCUT2D eigenvalue weighted by atomic mass is 35.5. The van der Waals surface area contributed by atoms with Gasteiger partial charge in [-0.3, -0.25) is 0 Å². The molecule has 26 heavy (non-hydrogen) atoms. The minimum absolute atomic E-state index is 0.156. The second kappa shape index (κ2) is 6.73. The van der Waals surface area contributed by atoms with Gasteiger partial charge >= 0.3 is 5.97 Å². The average molecular weight is 365 g/mol. The Balaban J connectivity index is 1.63. The number of fused-ring (bicyclic) bond motifs is 1. The van der Waals surface area contributed by atoms with Gasteiger partial charge in [0.05, 0.1) is 11.3 Å². The molecule has 0 radical (unpaired) electrons. The highest BCUT2D eigenvalue weighted by Gasteiger charge is 2.21. The maximum absolute atomic E-state index is 11.4. The molecule has 0 amide bonds. The van der Waals surface area contributed by atoms with E-state index in [1.807, 2.05) is 24.3 Å². The van der Waals surface area contributed by atoms with E-state index in [1.165, 1.54) is 23.0 Å². The Morgan fingerprint density at radius 2 is 1.85 bits per heavy atom. The van der Waals surface area contributed by atoms with E-state index < -0.39 is 5.97 Å². The fraction of sp³-hybridized carbons (Fsp3) is 0.0952. The molecule has 0 bridgehead atoms. The summed E-state index contributed by atoms with van der Waals surface area (Å²) in [6.45, 7) is 0.935. The summed E-state index contributed by atoms with van der Waals surface area (Å²) < 4.78 is 0. The van der Waals surface area contributed by atoms with Crippen molar-refractivity contribution in [2.45, 2.75) is 6.42 Å². The van der Waals surface area contributed by atoms with E-state index in [-0.39, 0.29) is 5.56 Å². The van der Waals surface area contributed by atoms with Crippen LogP contribution in [0.2, 0.25) is 5.02 Å². The monoisotopic (exact) mass is 364 g/mol. The zero-order valence-electron chi connectivity index (χ0n) is 13.9. The summed E-state index contributed by atoms with van der Waals surface area (Å²) in [5, 5.41) is 13.0. The molecular weight excluding hydrogens is 348 g/mol. The summed E-state index contributed by atoms with van der Waals surface area (Å²) in [7, 11) is 0. The third-order valence-electron chi connectivity index (χ3n) is 4.53. The maximum atomic E-state index is 11.4. The molecular formula is C21H17ClN2O2. The molecule has 0 unspecified atom stereocenters. The van der Waals surface area contributed by atoms with Crippen molar-refractivity contribution in [3.8, 4) is 0 Å². The van der Waals surface area contributed by atoms with Crippen LogP contribution in [-0.2, 0) is 6.42 Å². The highest BCUT2D eigenvalue weighted by molar-refractivity contribution is 6.31. The molecule has 1 aliphatic rings. The first-order valence-corrected chi connectivity index (χ1v) is 8.75. The number of nitrogens with one attached hydrogen (secondary N) is 1. The summed E-state index contributed by atoms with van der Waals surface area (Å²) in [6, 6.07) is 21.3. The maximum Gasteiger partial charge on any atom is 0.337 e. The Morgan fingerprint density at radius 3 is 2.62 bits per heavy atom. The number of anilines is 4. The second-order valence-corrected chi connectivity index (χ2v) is 6.64. The van der Waals surface area contributed by atoms with Crippen LogP contribution in [0, 0.1) is 0 Å². The van der Waals surface area contributed by atoms with Crippen LogP contribution in [0.4, 0.5) is 22.7 Å². The zero-order chi connectivity index (χ0) is 18.1. The van der Waals surface area contributed by atoms with E-state index >= 15 is 0 Å². The van der Waals surface area contributed by atoms with Crippen LogP contribution in [0.5, 0.6) is 0 Å². The number of carbonyl (C=O) groups is 1. The first-order chi connectivity index (χ1) is 12.6. The standard InChI is InChI=1S/C21H17ClN2O2/c22-15-6-8-19(18(13-15)21(25)26)23-16-7-9-20-14(12-16)10-11-24(20)17-4-2-1-3-5-17/h1-9,12-13,23H,10-11H2,(H,25,26). The predicted octanol–water partition coefficient (Wildman–Crippen LogP) is 5.48. The molecule has 2 N–H and O–H groups in total. The molecule has 0 spiro atoms. The Labute approximate surface area is 156 Å². The molecule has 0 atom stereocenters. The number of rotatable bonds is 4. The Kier molecular flexibility index (Phi) is 4.27. The number of carboxylic acids is 1. The van der Waals surface area contributed by atoms with Crippen molar-refractivity contribution in [1.82, 2.24) is 0 Å². The molecule has 130 valence electrons. The van der Waals surface area contributed by atoms with E-state index in [2.05, 4.69) is 34.5 Å². The highest BCUT2D eigenvalue weighted by Crippen LogP contribution is 2.36. The average Bonchev–Trinajstić information content (AvgIpc) is 3.07. The van der Waals surface area contributed by atoms with Crippen molar-refractivity contribution in [2.75, 3.05) is 16.8 Å². The third-order valence-corrected chi connectivity index (χ3v) is 4.77. The Bertz CT molecular complexity index is 973. The molecule has 0 aliphatic carbocycles. The summed E-state index contributed by atoms with van der Waals surface area (Å²) in [4.78, 5) is 13.7. The molecule has 0 fully saturated rings. The molecule has 3 aromatic rings. The molecule has 1 aliphatic heterocycles. The zero-order valence-corrected chi connectivity index (χ0v) is 14.7. The molecule has 1 heterocycles. The lowest BCUT2D eigenvalue weighted by Gasteiger charge is -2.20. The summed E-state index contributed by atoms with van der Waals surface area (Å²) in [6.07, 6.45) is 0.951. The number of nitrogens with zero attached hydrogens (tertiary/aromatic N) is 1. The van der Waals surface area contributed by atoms with Gasteiger partial charge in [-0.25, -0.2) is 4.79 Å². The van der Waals surface area contributed by atoms with E-state index in [9.17, 15) is 9.90 Å². The number of hydrogen-bond donors (Lipinski definition) is 2. The van der Waals surface area contributed by atoms with Crippen LogP contribution in [-0.4, -0.2) is 17.6 Å². The van der Waals surface area contributed by atoms with E-state index in [0.29, 0.717) is 10.7 Å². The first kappa shape index (κ1) is 16.5. The lowest BCUT2D eigenvalue weighted by Crippen LogP contribution is -2.12. The van der Waals surface area contributed by atoms with Gasteiger partial charge in [-0.1, -0.05) is 29.8 Å². The van der Waals surface area contributed by atoms with Gasteiger partial charge in [0.15, 0.2) is 0 Å². The number of para-hydroxylation sites is 1. The predicted molar refractivity (Wildman–Crippen MR) is 105 cm³/mol. The van der Waals surface area contributed by atoms with E-state index in [0.717, 1.165) is 18.7 Å². The smallest absolute Gasteiger partial charge is 0.337 e. The van der Waals surface area contributed by atoms with Gasteiger partial charge in [0, 0.05) is 28.6 Å². The molecule has 0 aromatic heterocycles. The van der Waals surface area contributed by atoms with Crippen LogP contribution >= 0.6 is 11.6 Å². The molecule has 0 saturated heterocycles. The summed E-state index contributed by atoms with van der Waals surface area (Å²) >= 11 is 5.92.